The van der Waals surface area contributed by atoms with E-state index in [0.717, 1.165) is 26.2 Å². The van der Waals surface area contributed by atoms with Crippen LogP contribution in [0.4, 0.5) is 11.5 Å². The van der Waals surface area contributed by atoms with Crippen LogP contribution in [0.5, 0.6) is 11.6 Å². The van der Waals surface area contributed by atoms with Crippen LogP contribution in [0.25, 0.3) is 0 Å². The highest BCUT2D eigenvalue weighted by Gasteiger charge is 2.28. The van der Waals surface area contributed by atoms with Gasteiger partial charge >= 0.3 is 5.97 Å². The topological polar surface area (TPSA) is 93.8 Å². The minimum absolute atomic E-state index is 0.180. The van der Waals surface area contributed by atoms with E-state index in [4.69, 9.17) is 15.2 Å². The summed E-state index contributed by atoms with van der Waals surface area (Å²) in [6, 6.07) is 28.0. The largest absolute Gasteiger partial charge is 0.465 e. The first kappa shape index (κ1) is 24.3. The summed E-state index contributed by atoms with van der Waals surface area (Å²) in [6.07, 6.45) is 1.47. The molecule has 1 aliphatic heterocycles. The standard InChI is InChI=1S/C29H29N5O3/c1-36-29(35)23-12-14-24(15-13-23)37-28-25(30)27(31-20-32-28)34-18-16-33(17-19-34)26(21-8-4-2-5-9-21)22-10-6-3-7-11-22/h2-15,20,26H,16-19,30H2,1H3. The van der Waals surface area contributed by atoms with Gasteiger partial charge < -0.3 is 20.1 Å². The van der Waals surface area contributed by atoms with E-state index in [1.54, 1.807) is 24.3 Å². The van der Waals surface area contributed by atoms with Crippen molar-refractivity contribution in [2.45, 2.75) is 6.04 Å². The highest BCUT2D eigenvalue weighted by atomic mass is 16.5. The maximum Gasteiger partial charge on any atom is 0.337 e. The summed E-state index contributed by atoms with van der Waals surface area (Å²) in [4.78, 5) is 25.1. The summed E-state index contributed by atoms with van der Waals surface area (Å²) in [5.74, 6) is 1.05. The van der Waals surface area contributed by atoms with Gasteiger partial charge in [0.05, 0.1) is 18.7 Å². The maximum absolute atomic E-state index is 11.7. The van der Waals surface area contributed by atoms with Gasteiger partial charge in [-0.3, -0.25) is 4.90 Å². The molecule has 0 unspecified atom stereocenters. The number of carbonyl (C=O) groups is 1. The number of rotatable bonds is 7. The van der Waals surface area contributed by atoms with Crippen molar-refractivity contribution < 1.29 is 14.3 Å². The molecule has 37 heavy (non-hydrogen) atoms. The van der Waals surface area contributed by atoms with Crippen molar-refractivity contribution in [3.05, 3.63) is 108 Å². The highest BCUT2D eigenvalue weighted by molar-refractivity contribution is 5.89. The number of benzene rings is 3. The zero-order chi connectivity index (χ0) is 25.6. The Morgan fingerprint density at radius 1 is 0.838 bits per heavy atom. The number of nitrogens with zero attached hydrogens (tertiary/aromatic N) is 4. The molecule has 0 aliphatic carbocycles. The van der Waals surface area contributed by atoms with Gasteiger partial charge in [-0.15, -0.1) is 0 Å². The fourth-order valence-electron chi connectivity index (χ4n) is 4.67. The summed E-state index contributed by atoms with van der Waals surface area (Å²) in [5.41, 5.74) is 9.83. The van der Waals surface area contributed by atoms with Crippen LogP contribution in [-0.2, 0) is 4.74 Å². The molecule has 4 aromatic rings. The summed E-state index contributed by atoms with van der Waals surface area (Å²) in [5, 5.41) is 0. The van der Waals surface area contributed by atoms with Gasteiger partial charge in [-0.1, -0.05) is 60.7 Å². The average molecular weight is 496 g/mol. The van der Waals surface area contributed by atoms with E-state index in [-0.39, 0.29) is 11.9 Å². The van der Waals surface area contributed by atoms with Crippen molar-refractivity contribution in [1.82, 2.24) is 14.9 Å². The van der Waals surface area contributed by atoms with E-state index in [0.29, 0.717) is 22.8 Å². The van der Waals surface area contributed by atoms with E-state index >= 15 is 0 Å². The van der Waals surface area contributed by atoms with Crippen LogP contribution >= 0.6 is 0 Å². The third-order valence-electron chi connectivity index (χ3n) is 6.53. The number of methoxy groups -OCH3 is 1. The average Bonchev–Trinajstić information content (AvgIpc) is 2.96. The molecule has 3 aromatic carbocycles. The van der Waals surface area contributed by atoms with Gasteiger partial charge in [-0.05, 0) is 35.4 Å². The number of anilines is 2. The fraction of sp³-hybridized carbons (Fsp3) is 0.207. The van der Waals surface area contributed by atoms with Gasteiger partial charge in [-0.2, -0.15) is 4.98 Å². The number of ether oxygens (including phenoxy) is 2. The summed E-state index contributed by atoms with van der Waals surface area (Å²) < 4.78 is 10.7. The van der Waals surface area contributed by atoms with Gasteiger partial charge in [0.25, 0.3) is 0 Å². The Labute approximate surface area is 216 Å². The molecule has 0 saturated carbocycles. The third kappa shape index (κ3) is 5.39. The summed E-state index contributed by atoms with van der Waals surface area (Å²) in [6.45, 7) is 3.24. The molecular weight excluding hydrogens is 466 g/mol. The number of carbonyl (C=O) groups excluding carboxylic acids is 1. The van der Waals surface area contributed by atoms with Crippen molar-refractivity contribution in [3.63, 3.8) is 0 Å². The molecule has 1 aliphatic rings. The number of esters is 1. The number of nitrogens with two attached hydrogens (primary N) is 1. The monoisotopic (exact) mass is 495 g/mol. The zero-order valence-electron chi connectivity index (χ0n) is 20.7. The number of hydrogen-bond acceptors (Lipinski definition) is 8. The first-order valence-electron chi connectivity index (χ1n) is 12.2. The quantitative estimate of drug-likeness (QED) is 0.373. The lowest BCUT2D eigenvalue weighted by Crippen LogP contribution is -2.48. The molecule has 8 heteroatoms. The molecule has 0 radical (unpaired) electrons. The minimum Gasteiger partial charge on any atom is -0.465 e. The van der Waals surface area contributed by atoms with Gasteiger partial charge in [0.1, 0.15) is 17.8 Å². The van der Waals surface area contributed by atoms with Crippen LogP contribution in [0, 0.1) is 0 Å². The normalized spacial score (nSPS) is 13.9. The SMILES string of the molecule is COC(=O)c1ccc(Oc2ncnc(N3CCN(C(c4ccccc4)c4ccccc4)CC3)c2N)cc1. The summed E-state index contributed by atoms with van der Waals surface area (Å²) >= 11 is 0. The van der Waals surface area contributed by atoms with E-state index in [1.165, 1.54) is 24.6 Å². The third-order valence-corrected chi connectivity index (χ3v) is 6.53. The number of piperazine rings is 1. The Balaban J connectivity index is 1.30. The van der Waals surface area contributed by atoms with Crippen LogP contribution in [0.2, 0.25) is 0 Å². The first-order chi connectivity index (χ1) is 18.1. The zero-order valence-corrected chi connectivity index (χ0v) is 20.7. The van der Waals surface area contributed by atoms with Crippen LogP contribution in [-0.4, -0.2) is 54.1 Å². The van der Waals surface area contributed by atoms with Gasteiger partial charge in [0.15, 0.2) is 5.82 Å². The van der Waals surface area contributed by atoms with E-state index in [1.807, 2.05) is 0 Å². The minimum atomic E-state index is -0.406. The second-order valence-electron chi connectivity index (χ2n) is 8.78. The van der Waals surface area contributed by atoms with Crippen molar-refractivity contribution in [1.29, 1.82) is 0 Å². The molecule has 0 amide bonds. The molecule has 8 nitrogen and oxygen atoms in total. The molecule has 5 rings (SSSR count). The number of aromatic nitrogens is 2. The van der Waals surface area contributed by atoms with E-state index in [2.05, 4.69) is 80.4 Å². The first-order valence-corrected chi connectivity index (χ1v) is 12.2. The molecule has 188 valence electrons. The van der Waals surface area contributed by atoms with Crippen LogP contribution in [0.3, 0.4) is 0 Å². The fourth-order valence-corrected chi connectivity index (χ4v) is 4.67. The molecule has 0 bridgehead atoms. The molecular formula is C29H29N5O3. The molecule has 1 aromatic heterocycles. The van der Waals surface area contributed by atoms with Crippen molar-refractivity contribution in [2.75, 3.05) is 43.9 Å². The molecule has 1 fully saturated rings. The Morgan fingerprint density at radius 3 is 2.00 bits per heavy atom. The second kappa shape index (κ2) is 11.1. The Hall–Kier alpha value is -4.43. The van der Waals surface area contributed by atoms with E-state index in [9.17, 15) is 4.79 Å². The predicted octanol–water partition coefficient (Wildman–Crippen LogP) is 4.55. The smallest absolute Gasteiger partial charge is 0.337 e. The van der Waals surface area contributed by atoms with Crippen LogP contribution in [0.15, 0.2) is 91.3 Å². The number of nitrogen functional groups attached to an aromatic ring is 1. The van der Waals surface area contributed by atoms with Gasteiger partial charge in [-0.25, -0.2) is 9.78 Å². The molecule has 2 heterocycles. The molecule has 0 atom stereocenters. The lowest BCUT2D eigenvalue weighted by molar-refractivity contribution is 0.0600. The number of hydrogen-bond donors (Lipinski definition) is 1. The second-order valence-corrected chi connectivity index (χ2v) is 8.78. The van der Waals surface area contributed by atoms with Crippen molar-refractivity contribution in [2.24, 2.45) is 0 Å². The van der Waals surface area contributed by atoms with E-state index < -0.39 is 5.97 Å². The maximum atomic E-state index is 11.7. The van der Waals surface area contributed by atoms with Crippen molar-refractivity contribution >= 4 is 17.5 Å². The summed E-state index contributed by atoms with van der Waals surface area (Å²) in [7, 11) is 1.35. The molecule has 2 N–H and O–H groups in total. The Kier molecular flexibility index (Phi) is 7.28. The van der Waals surface area contributed by atoms with Crippen LogP contribution < -0.4 is 15.4 Å². The highest BCUT2D eigenvalue weighted by Crippen LogP contribution is 2.34. The van der Waals surface area contributed by atoms with Crippen molar-refractivity contribution in [3.8, 4) is 11.6 Å². The molecule has 1 saturated heterocycles. The van der Waals surface area contributed by atoms with Crippen LogP contribution in [0.1, 0.15) is 27.5 Å². The lowest BCUT2D eigenvalue weighted by atomic mass is 9.96. The lowest BCUT2D eigenvalue weighted by Gasteiger charge is -2.40. The Morgan fingerprint density at radius 2 is 1.43 bits per heavy atom. The van der Waals surface area contributed by atoms with Gasteiger partial charge in [0, 0.05) is 26.2 Å². The Bertz CT molecular complexity index is 1290. The van der Waals surface area contributed by atoms with Gasteiger partial charge in [0.2, 0.25) is 5.88 Å². The molecule has 0 spiro atoms. The predicted molar refractivity (Wildman–Crippen MR) is 143 cm³/mol.